The van der Waals surface area contributed by atoms with E-state index >= 15 is 0 Å². The molecule has 0 heterocycles. The number of sulfonamides is 1. The molecule has 0 radical (unpaired) electrons. The van der Waals surface area contributed by atoms with Crippen LogP contribution in [0.1, 0.15) is 11.6 Å². The van der Waals surface area contributed by atoms with E-state index in [2.05, 4.69) is 0 Å². The zero-order chi connectivity index (χ0) is 18.8. The van der Waals surface area contributed by atoms with Gasteiger partial charge in [0.05, 0.1) is 14.8 Å². The summed E-state index contributed by atoms with van der Waals surface area (Å²) in [6.45, 7) is -0.0821. The largest absolute Gasteiger partial charge is 0.323 e. The number of rotatable bonds is 6. The maximum atomic E-state index is 13.2. The summed E-state index contributed by atoms with van der Waals surface area (Å²) in [5.41, 5.74) is 6.25. The van der Waals surface area contributed by atoms with Crippen LogP contribution in [0.15, 0.2) is 47.4 Å². The van der Waals surface area contributed by atoms with Crippen LogP contribution < -0.4 is 5.73 Å². The van der Waals surface area contributed by atoms with Gasteiger partial charge in [0.15, 0.2) is 0 Å². The van der Waals surface area contributed by atoms with Gasteiger partial charge >= 0.3 is 0 Å². The van der Waals surface area contributed by atoms with Crippen LogP contribution in [-0.2, 0) is 10.0 Å². The zero-order valence-electron chi connectivity index (χ0n) is 13.1. The lowest BCUT2D eigenvalue weighted by Crippen LogP contribution is -2.34. The molecular formula is C15H15ClFN3O4S. The van der Waals surface area contributed by atoms with E-state index in [0.29, 0.717) is 5.56 Å². The molecule has 0 spiro atoms. The minimum absolute atomic E-state index is 0.0821. The molecule has 10 heteroatoms. The Hall–Kier alpha value is -2.07. The molecule has 2 aromatic carbocycles. The summed E-state index contributed by atoms with van der Waals surface area (Å²) in [5, 5.41) is 10.5. The molecule has 0 saturated heterocycles. The normalized spacial score (nSPS) is 13.0. The highest BCUT2D eigenvalue weighted by Gasteiger charge is 2.24. The molecule has 2 aromatic rings. The third kappa shape index (κ3) is 4.31. The van der Waals surface area contributed by atoms with Gasteiger partial charge in [0, 0.05) is 31.8 Å². The van der Waals surface area contributed by atoms with Crippen molar-refractivity contribution >= 4 is 27.3 Å². The predicted molar refractivity (Wildman–Crippen MR) is 91.3 cm³/mol. The van der Waals surface area contributed by atoms with Gasteiger partial charge in [0.1, 0.15) is 5.82 Å². The van der Waals surface area contributed by atoms with E-state index < -0.39 is 26.8 Å². The number of nitro groups is 1. The molecule has 25 heavy (non-hydrogen) atoms. The molecule has 7 nitrogen and oxygen atoms in total. The Bertz CT molecular complexity index is 890. The minimum atomic E-state index is -3.88. The Balaban J connectivity index is 2.18. The molecule has 2 rings (SSSR count). The van der Waals surface area contributed by atoms with Crippen LogP contribution in [-0.4, -0.2) is 31.2 Å². The van der Waals surface area contributed by atoms with Gasteiger partial charge < -0.3 is 5.73 Å². The molecule has 0 amide bonds. The maximum absolute atomic E-state index is 13.2. The summed E-state index contributed by atoms with van der Waals surface area (Å²) >= 11 is 5.70. The molecule has 0 fully saturated rings. The fourth-order valence-electron chi connectivity index (χ4n) is 2.14. The summed E-state index contributed by atoms with van der Waals surface area (Å²) < 4.78 is 39.3. The first-order chi connectivity index (χ1) is 11.6. The number of hydrogen-bond donors (Lipinski definition) is 1. The molecule has 0 bridgehead atoms. The number of hydrogen-bond acceptors (Lipinski definition) is 5. The lowest BCUT2D eigenvalue weighted by Gasteiger charge is -2.21. The monoisotopic (exact) mass is 387 g/mol. The topological polar surface area (TPSA) is 107 Å². The highest BCUT2D eigenvalue weighted by molar-refractivity contribution is 7.89. The van der Waals surface area contributed by atoms with E-state index in [4.69, 9.17) is 17.3 Å². The van der Waals surface area contributed by atoms with E-state index in [-0.39, 0.29) is 22.2 Å². The summed E-state index contributed by atoms with van der Waals surface area (Å²) in [6, 6.07) is 7.74. The number of nitro benzene ring substituents is 1. The second-order valence-electron chi connectivity index (χ2n) is 5.32. The van der Waals surface area contributed by atoms with Crippen molar-refractivity contribution < 1.29 is 17.7 Å². The Labute approximate surface area is 149 Å². The number of halogens is 2. The molecule has 0 unspecified atom stereocenters. The van der Waals surface area contributed by atoms with Crippen molar-refractivity contribution in [1.82, 2.24) is 4.31 Å². The van der Waals surface area contributed by atoms with Crippen molar-refractivity contribution in [3.63, 3.8) is 0 Å². The standard InChI is InChI=1S/C15H15ClFN3O4S/c1-19(9-15(18)10-2-7-14(17)13(16)8-10)25(23,24)12-5-3-11(4-6-12)20(21)22/h2-8,15H,9,18H2,1H3/t15-/m1/s1. The van der Waals surface area contributed by atoms with Gasteiger partial charge in [-0.25, -0.2) is 12.8 Å². The average Bonchev–Trinajstić information content (AvgIpc) is 2.57. The lowest BCUT2D eigenvalue weighted by atomic mass is 10.1. The molecule has 134 valence electrons. The highest BCUT2D eigenvalue weighted by atomic mass is 35.5. The Morgan fingerprint density at radius 3 is 2.40 bits per heavy atom. The first-order valence-electron chi connectivity index (χ1n) is 7.04. The first kappa shape index (κ1) is 19.3. The number of non-ortho nitro benzene ring substituents is 1. The van der Waals surface area contributed by atoms with Crippen molar-refractivity contribution in [3.05, 3.63) is 69.0 Å². The van der Waals surface area contributed by atoms with E-state index in [1.54, 1.807) is 0 Å². The van der Waals surface area contributed by atoms with E-state index in [0.717, 1.165) is 34.6 Å². The second-order valence-corrected chi connectivity index (χ2v) is 7.77. The van der Waals surface area contributed by atoms with Crippen molar-refractivity contribution in [2.75, 3.05) is 13.6 Å². The minimum Gasteiger partial charge on any atom is -0.323 e. The molecule has 0 aliphatic carbocycles. The van der Waals surface area contributed by atoms with Gasteiger partial charge in [0.2, 0.25) is 10.0 Å². The van der Waals surface area contributed by atoms with Crippen LogP contribution in [0.25, 0.3) is 0 Å². The van der Waals surface area contributed by atoms with Gasteiger partial charge in [0.25, 0.3) is 5.69 Å². The van der Waals surface area contributed by atoms with Crippen LogP contribution in [0.5, 0.6) is 0 Å². The Morgan fingerprint density at radius 1 is 1.28 bits per heavy atom. The number of nitrogens with zero attached hydrogens (tertiary/aromatic N) is 2. The number of nitrogens with two attached hydrogens (primary N) is 1. The molecule has 2 N–H and O–H groups in total. The third-order valence-electron chi connectivity index (χ3n) is 3.58. The van der Waals surface area contributed by atoms with Crippen LogP contribution in [0.3, 0.4) is 0 Å². The zero-order valence-corrected chi connectivity index (χ0v) is 14.7. The van der Waals surface area contributed by atoms with Gasteiger partial charge in [-0.15, -0.1) is 0 Å². The van der Waals surface area contributed by atoms with Gasteiger partial charge in [-0.1, -0.05) is 17.7 Å². The fourth-order valence-corrected chi connectivity index (χ4v) is 3.53. The average molecular weight is 388 g/mol. The molecule has 0 aliphatic heterocycles. The van der Waals surface area contributed by atoms with Gasteiger partial charge in [-0.3, -0.25) is 10.1 Å². The molecule has 0 aliphatic rings. The number of likely N-dealkylation sites (N-methyl/N-ethyl adjacent to an activating group) is 1. The third-order valence-corrected chi connectivity index (χ3v) is 5.71. The van der Waals surface area contributed by atoms with Crippen LogP contribution in [0.4, 0.5) is 10.1 Å². The molecule has 0 aromatic heterocycles. The van der Waals surface area contributed by atoms with Gasteiger partial charge in [-0.2, -0.15) is 4.31 Å². The van der Waals surface area contributed by atoms with Crippen LogP contribution >= 0.6 is 11.6 Å². The fraction of sp³-hybridized carbons (Fsp3) is 0.200. The smallest absolute Gasteiger partial charge is 0.269 e. The Kier molecular flexibility index (Phi) is 5.73. The Morgan fingerprint density at radius 2 is 1.88 bits per heavy atom. The summed E-state index contributed by atoms with van der Waals surface area (Å²) in [5.74, 6) is -0.593. The number of benzene rings is 2. The van der Waals surface area contributed by atoms with Crippen molar-refractivity contribution in [2.24, 2.45) is 5.73 Å². The van der Waals surface area contributed by atoms with E-state index in [1.165, 1.54) is 19.2 Å². The van der Waals surface area contributed by atoms with E-state index in [1.807, 2.05) is 0 Å². The van der Waals surface area contributed by atoms with Crippen molar-refractivity contribution in [2.45, 2.75) is 10.9 Å². The summed E-state index contributed by atoms with van der Waals surface area (Å²) in [4.78, 5) is 9.93. The quantitative estimate of drug-likeness (QED) is 0.605. The lowest BCUT2D eigenvalue weighted by molar-refractivity contribution is -0.384. The van der Waals surface area contributed by atoms with Crippen molar-refractivity contribution in [1.29, 1.82) is 0 Å². The summed E-state index contributed by atoms with van der Waals surface area (Å²) in [6.07, 6.45) is 0. The predicted octanol–water partition coefficient (Wildman–Crippen LogP) is 2.71. The molecular weight excluding hydrogens is 373 g/mol. The van der Waals surface area contributed by atoms with Gasteiger partial charge in [-0.05, 0) is 29.8 Å². The van der Waals surface area contributed by atoms with Crippen molar-refractivity contribution in [3.8, 4) is 0 Å². The van der Waals surface area contributed by atoms with Crippen LogP contribution in [0, 0.1) is 15.9 Å². The van der Waals surface area contributed by atoms with E-state index in [9.17, 15) is 22.9 Å². The molecule has 1 atom stereocenters. The first-order valence-corrected chi connectivity index (χ1v) is 8.86. The summed E-state index contributed by atoms with van der Waals surface area (Å²) in [7, 11) is -2.54. The second kappa shape index (κ2) is 7.44. The van der Waals surface area contributed by atoms with Crippen LogP contribution in [0.2, 0.25) is 5.02 Å². The molecule has 0 saturated carbocycles. The SMILES string of the molecule is CN(C[C@@H](N)c1ccc(F)c(Cl)c1)S(=O)(=O)c1ccc([N+](=O)[O-])cc1. The maximum Gasteiger partial charge on any atom is 0.269 e. The highest BCUT2D eigenvalue weighted by Crippen LogP contribution is 2.23.